The van der Waals surface area contributed by atoms with Crippen LogP contribution in [0.15, 0.2) is 27.5 Å². The number of nitrogens with one attached hydrogen (secondary N) is 1. The van der Waals surface area contributed by atoms with Crippen LogP contribution in [0.25, 0.3) is 0 Å². The molecule has 2 rings (SSSR count). The van der Waals surface area contributed by atoms with Gasteiger partial charge in [-0.1, -0.05) is 29.3 Å². The van der Waals surface area contributed by atoms with Gasteiger partial charge < -0.3 is 9.15 Å². The van der Waals surface area contributed by atoms with E-state index in [2.05, 4.69) is 5.32 Å². The largest absolute Gasteiger partial charge is 0.462 e. The van der Waals surface area contributed by atoms with Crippen LogP contribution in [0.3, 0.4) is 0 Å². The molecule has 1 N–H and O–H groups in total. The van der Waals surface area contributed by atoms with E-state index in [9.17, 15) is 14.4 Å². The highest BCUT2D eigenvalue weighted by molar-refractivity contribution is 8.00. The lowest BCUT2D eigenvalue weighted by Gasteiger charge is -2.08. The van der Waals surface area contributed by atoms with Crippen LogP contribution >= 0.6 is 35.0 Å². The molecule has 0 unspecified atom stereocenters. The molecule has 0 aliphatic carbocycles. The molecule has 9 heteroatoms. The number of ketones is 1. The zero-order valence-electron chi connectivity index (χ0n) is 14.9. The molecule has 0 bridgehead atoms. The first-order valence-corrected chi connectivity index (χ1v) is 9.68. The minimum atomic E-state index is -0.739. The van der Waals surface area contributed by atoms with E-state index in [1.165, 1.54) is 13.8 Å². The van der Waals surface area contributed by atoms with E-state index in [-0.39, 0.29) is 40.9 Å². The van der Waals surface area contributed by atoms with Crippen molar-refractivity contribution in [3.8, 4) is 0 Å². The molecular weight excluding hydrogens is 413 g/mol. The van der Waals surface area contributed by atoms with E-state index in [1.54, 1.807) is 25.1 Å². The fraction of sp³-hybridized carbons (Fsp3) is 0.278. The van der Waals surface area contributed by atoms with Gasteiger partial charge in [-0.15, -0.1) is 11.8 Å². The van der Waals surface area contributed by atoms with E-state index in [0.717, 1.165) is 11.8 Å². The van der Waals surface area contributed by atoms with E-state index in [4.69, 9.17) is 32.4 Å². The monoisotopic (exact) mass is 429 g/mol. The first kappa shape index (κ1) is 21.3. The van der Waals surface area contributed by atoms with Gasteiger partial charge in [0.15, 0.2) is 5.78 Å². The zero-order valence-corrected chi connectivity index (χ0v) is 17.2. The van der Waals surface area contributed by atoms with Crippen LogP contribution in [0.2, 0.25) is 10.0 Å². The summed E-state index contributed by atoms with van der Waals surface area (Å²) in [5.74, 6) is -1.48. The van der Waals surface area contributed by atoms with Crippen LogP contribution in [-0.4, -0.2) is 30.0 Å². The Kier molecular flexibility index (Phi) is 7.35. The van der Waals surface area contributed by atoms with Gasteiger partial charge in [0.05, 0.1) is 28.0 Å². The van der Waals surface area contributed by atoms with E-state index in [0.29, 0.717) is 14.9 Å². The van der Waals surface area contributed by atoms with Gasteiger partial charge in [0, 0.05) is 4.90 Å². The number of halogens is 2. The van der Waals surface area contributed by atoms with Crippen LogP contribution in [-0.2, 0) is 9.53 Å². The fourth-order valence-electron chi connectivity index (χ4n) is 2.38. The molecule has 0 spiro atoms. The standard InChI is InChI=1S/C18H17Cl2NO5S/c1-4-25-18(24)15-14(9(2)22)10(3)26-17(15)21-13(23)8-27-16-11(19)6-5-7-12(16)20/h5-7H,4,8H2,1-3H3,(H,21,23). The summed E-state index contributed by atoms with van der Waals surface area (Å²) in [5, 5.41) is 3.37. The number of aryl methyl sites for hydroxylation is 1. The predicted molar refractivity (Wildman–Crippen MR) is 105 cm³/mol. The second-order valence-electron chi connectivity index (χ2n) is 5.40. The molecule has 27 heavy (non-hydrogen) atoms. The molecule has 2 aromatic rings. The van der Waals surface area contributed by atoms with E-state index in [1.807, 2.05) is 0 Å². The first-order chi connectivity index (χ1) is 12.8. The first-order valence-electron chi connectivity index (χ1n) is 7.94. The molecule has 0 atom stereocenters. The third kappa shape index (κ3) is 5.06. The summed E-state index contributed by atoms with van der Waals surface area (Å²) < 4.78 is 10.4. The number of esters is 1. The van der Waals surface area contributed by atoms with Crippen molar-refractivity contribution in [3.63, 3.8) is 0 Å². The molecule has 1 heterocycles. The number of anilines is 1. The highest BCUT2D eigenvalue weighted by Gasteiger charge is 2.28. The van der Waals surface area contributed by atoms with Crippen molar-refractivity contribution in [2.45, 2.75) is 25.7 Å². The average molecular weight is 430 g/mol. The van der Waals surface area contributed by atoms with Gasteiger partial charge in [-0.2, -0.15) is 0 Å². The number of Topliss-reactive ketones (excluding diaryl/α,β-unsaturated/α-hetero) is 1. The van der Waals surface area contributed by atoms with Crippen molar-refractivity contribution in [1.82, 2.24) is 0 Å². The third-order valence-electron chi connectivity index (χ3n) is 3.44. The van der Waals surface area contributed by atoms with Crippen molar-refractivity contribution >= 4 is 58.5 Å². The molecule has 0 aliphatic heterocycles. The minimum absolute atomic E-state index is 0.0269. The lowest BCUT2D eigenvalue weighted by atomic mass is 10.1. The number of hydrogen-bond donors (Lipinski definition) is 1. The van der Waals surface area contributed by atoms with Gasteiger partial charge in [0.1, 0.15) is 11.3 Å². The minimum Gasteiger partial charge on any atom is -0.462 e. The normalized spacial score (nSPS) is 10.6. The van der Waals surface area contributed by atoms with E-state index < -0.39 is 11.9 Å². The van der Waals surface area contributed by atoms with Crippen LogP contribution < -0.4 is 5.32 Å². The molecule has 1 amide bonds. The van der Waals surface area contributed by atoms with Gasteiger partial charge >= 0.3 is 5.97 Å². The summed E-state index contributed by atoms with van der Waals surface area (Å²) in [7, 11) is 0. The summed E-state index contributed by atoms with van der Waals surface area (Å²) in [6.45, 7) is 4.60. The molecule has 6 nitrogen and oxygen atoms in total. The van der Waals surface area contributed by atoms with Crippen molar-refractivity contribution in [1.29, 1.82) is 0 Å². The lowest BCUT2D eigenvalue weighted by Crippen LogP contribution is -2.17. The molecule has 0 radical (unpaired) electrons. The van der Waals surface area contributed by atoms with Crippen molar-refractivity contribution in [2.75, 3.05) is 17.7 Å². The quantitative estimate of drug-likeness (QED) is 0.378. The molecular formula is C18H17Cl2NO5S. The summed E-state index contributed by atoms with van der Waals surface area (Å²) in [6, 6.07) is 5.04. The van der Waals surface area contributed by atoms with Gasteiger partial charge in [-0.25, -0.2) is 4.79 Å². The van der Waals surface area contributed by atoms with Crippen LogP contribution in [0, 0.1) is 6.92 Å². The van der Waals surface area contributed by atoms with Crippen LogP contribution in [0.4, 0.5) is 5.88 Å². The Bertz CT molecular complexity index is 874. The lowest BCUT2D eigenvalue weighted by molar-refractivity contribution is -0.113. The summed E-state index contributed by atoms with van der Waals surface area (Å²) >= 11 is 13.3. The maximum Gasteiger partial charge on any atom is 0.344 e. The molecule has 0 aliphatic rings. The van der Waals surface area contributed by atoms with Crippen molar-refractivity contribution < 1.29 is 23.5 Å². The SMILES string of the molecule is CCOC(=O)c1c(NC(=O)CSc2c(Cl)cccc2Cl)oc(C)c1C(C)=O. The van der Waals surface area contributed by atoms with Crippen LogP contribution in [0.1, 0.15) is 40.3 Å². The second kappa shape index (κ2) is 9.30. The second-order valence-corrected chi connectivity index (χ2v) is 7.20. The Balaban J connectivity index is 2.21. The van der Waals surface area contributed by atoms with Gasteiger partial charge in [0.2, 0.25) is 11.8 Å². The number of amides is 1. The van der Waals surface area contributed by atoms with Gasteiger partial charge in [-0.05, 0) is 32.9 Å². The predicted octanol–water partition coefficient (Wildman–Crippen LogP) is 5.00. The Morgan fingerprint density at radius 1 is 1.19 bits per heavy atom. The van der Waals surface area contributed by atoms with E-state index >= 15 is 0 Å². The van der Waals surface area contributed by atoms with Crippen molar-refractivity contribution in [2.24, 2.45) is 0 Å². The molecule has 1 aromatic carbocycles. The number of hydrogen-bond acceptors (Lipinski definition) is 6. The number of carbonyl (C=O) groups is 3. The Morgan fingerprint density at radius 2 is 1.81 bits per heavy atom. The molecule has 1 aromatic heterocycles. The summed E-state index contributed by atoms with van der Waals surface area (Å²) in [6.07, 6.45) is 0. The summed E-state index contributed by atoms with van der Waals surface area (Å²) in [4.78, 5) is 37.0. The third-order valence-corrected chi connectivity index (χ3v) is 5.42. The van der Waals surface area contributed by atoms with Gasteiger partial charge in [-0.3, -0.25) is 14.9 Å². The molecule has 144 valence electrons. The molecule has 0 fully saturated rings. The molecule has 0 saturated carbocycles. The highest BCUT2D eigenvalue weighted by Crippen LogP contribution is 2.34. The topological polar surface area (TPSA) is 85.6 Å². The Hall–Kier alpha value is -1.96. The Morgan fingerprint density at radius 3 is 2.37 bits per heavy atom. The molecule has 0 saturated heterocycles. The highest BCUT2D eigenvalue weighted by atomic mass is 35.5. The number of thioether (sulfide) groups is 1. The van der Waals surface area contributed by atoms with Crippen LogP contribution in [0.5, 0.6) is 0 Å². The van der Waals surface area contributed by atoms with Gasteiger partial charge in [0.25, 0.3) is 0 Å². The maximum atomic E-state index is 12.3. The Labute approximate surface area is 170 Å². The number of carbonyl (C=O) groups excluding carboxylic acids is 3. The smallest absolute Gasteiger partial charge is 0.344 e. The number of ether oxygens (including phenoxy) is 1. The number of benzene rings is 1. The maximum absolute atomic E-state index is 12.3. The zero-order chi connectivity index (χ0) is 20.1. The summed E-state index contributed by atoms with van der Waals surface area (Å²) in [5.41, 5.74) is 0.00141. The fourth-order valence-corrected chi connectivity index (χ4v) is 3.86. The average Bonchev–Trinajstić information content (AvgIpc) is 2.90. The number of rotatable bonds is 7. The number of furan rings is 1. The van der Waals surface area contributed by atoms with Crippen molar-refractivity contribution in [3.05, 3.63) is 45.1 Å².